The molecule has 11 heavy (non-hydrogen) atoms. The Morgan fingerprint density at radius 2 is 2.00 bits per heavy atom. The fourth-order valence-corrected chi connectivity index (χ4v) is 1.27. The zero-order chi connectivity index (χ0) is 8.48. The highest BCUT2D eigenvalue weighted by Crippen LogP contribution is 2.35. The molecule has 0 aromatic heterocycles. The van der Waals surface area contributed by atoms with Crippen molar-refractivity contribution in [3.63, 3.8) is 0 Å². The molecule has 0 aromatic carbocycles. The second-order valence-electron chi connectivity index (χ2n) is 3.71. The topological polar surface area (TPSA) is 20.2 Å². The van der Waals surface area contributed by atoms with Crippen molar-refractivity contribution in [2.75, 3.05) is 0 Å². The Morgan fingerprint density at radius 3 is 2.36 bits per heavy atom. The summed E-state index contributed by atoms with van der Waals surface area (Å²) in [4.78, 5) is 0. The van der Waals surface area contributed by atoms with Crippen LogP contribution in [0.3, 0.4) is 0 Å². The maximum atomic E-state index is 9.66. The number of aliphatic hydroxyl groups is 1. The quantitative estimate of drug-likeness (QED) is 0.610. The summed E-state index contributed by atoms with van der Waals surface area (Å²) in [6.07, 6.45) is 7.51. The first-order chi connectivity index (χ1) is 5.07. The fourth-order valence-electron chi connectivity index (χ4n) is 1.27. The van der Waals surface area contributed by atoms with Gasteiger partial charge in [0.15, 0.2) is 0 Å². The van der Waals surface area contributed by atoms with Crippen molar-refractivity contribution in [3.8, 4) is 0 Å². The lowest BCUT2D eigenvalue weighted by atomic mass is 9.72. The van der Waals surface area contributed by atoms with Crippen LogP contribution in [0.1, 0.15) is 20.8 Å². The van der Waals surface area contributed by atoms with Gasteiger partial charge in [-0.1, -0.05) is 45.1 Å². The molecule has 1 rings (SSSR count). The summed E-state index contributed by atoms with van der Waals surface area (Å²) in [6, 6.07) is 0. The second kappa shape index (κ2) is 2.82. The van der Waals surface area contributed by atoms with Crippen LogP contribution < -0.4 is 0 Å². The van der Waals surface area contributed by atoms with Crippen LogP contribution in [0, 0.1) is 11.3 Å². The van der Waals surface area contributed by atoms with Crippen LogP contribution in [0.4, 0.5) is 0 Å². The van der Waals surface area contributed by atoms with Crippen molar-refractivity contribution in [1.29, 1.82) is 0 Å². The Morgan fingerprint density at radius 1 is 1.36 bits per heavy atom. The average molecular weight is 152 g/mol. The van der Waals surface area contributed by atoms with E-state index in [1.165, 1.54) is 0 Å². The summed E-state index contributed by atoms with van der Waals surface area (Å²) < 4.78 is 0. The highest BCUT2D eigenvalue weighted by Gasteiger charge is 2.32. The molecule has 1 N–H and O–H groups in total. The number of hydrogen-bond acceptors (Lipinski definition) is 1. The van der Waals surface area contributed by atoms with Crippen LogP contribution in [0.2, 0.25) is 0 Å². The van der Waals surface area contributed by atoms with Crippen LogP contribution in [0.15, 0.2) is 24.3 Å². The molecule has 0 heterocycles. The molecule has 2 atom stereocenters. The van der Waals surface area contributed by atoms with Crippen LogP contribution in [0.5, 0.6) is 0 Å². The molecule has 1 heteroatoms. The van der Waals surface area contributed by atoms with Gasteiger partial charge in [-0.05, 0) is 5.92 Å². The molecule has 0 fully saturated rings. The third kappa shape index (κ3) is 1.38. The smallest absolute Gasteiger partial charge is 0.0814 e. The molecule has 0 aliphatic heterocycles. The molecule has 2 unspecified atom stereocenters. The van der Waals surface area contributed by atoms with Gasteiger partial charge >= 0.3 is 0 Å². The van der Waals surface area contributed by atoms with E-state index in [0.29, 0.717) is 5.92 Å². The van der Waals surface area contributed by atoms with E-state index in [4.69, 9.17) is 0 Å². The highest BCUT2D eigenvalue weighted by molar-refractivity contribution is 5.20. The summed E-state index contributed by atoms with van der Waals surface area (Å²) >= 11 is 0. The van der Waals surface area contributed by atoms with Gasteiger partial charge in [-0.2, -0.15) is 0 Å². The van der Waals surface area contributed by atoms with Gasteiger partial charge < -0.3 is 5.11 Å². The number of rotatable bonds is 1. The Balaban J connectivity index is 2.85. The monoisotopic (exact) mass is 152 g/mol. The third-order valence-electron chi connectivity index (χ3n) is 2.74. The predicted octanol–water partition coefficient (Wildman–Crippen LogP) is 2.14. The van der Waals surface area contributed by atoms with E-state index in [0.717, 1.165) is 0 Å². The minimum absolute atomic E-state index is 0.0747. The van der Waals surface area contributed by atoms with E-state index < -0.39 is 0 Å². The lowest BCUT2D eigenvalue weighted by molar-refractivity contribution is 0.0752. The Hall–Kier alpha value is -0.560. The van der Waals surface area contributed by atoms with Gasteiger partial charge in [0.1, 0.15) is 0 Å². The van der Waals surface area contributed by atoms with Crippen LogP contribution in [-0.2, 0) is 0 Å². The van der Waals surface area contributed by atoms with E-state index in [9.17, 15) is 5.11 Å². The van der Waals surface area contributed by atoms with E-state index in [2.05, 4.69) is 26.8 Å². The van der Waals surface area contributed by atoms with Gasteiger partial charge in [0.25, 0.3) is 0 Å². The molecular formula is C10H16O. The normalized spacial score (nSPS) is 36.6. The van der Waals surface area contributed by atoms with Crippen molar-refractivity contribution in [1.82, 2.24) is 0 Å². The molecule has 0 spiro atoms. The van der Waals surface area contributed by atoms with Crippen molar-refractivity contribution in [3.05, 3.63) is 24.3 Å². The van der Waals surface area contributed by atoms with Crippen molar-refractivity contribution < 1.29 is 5.11 Å². The Kier molecular flexibility index (Phi) is 2.19. The standard InChI is InChI=1S/C10H16O/c1-8(2)10(3)7-5-4-6-9(10)11/h4-9,11H,1-3H3. The van der Waals surface area contributed by atoms with Crippen molar-refractivity contribution in [2.45, 2.75) is 26.9 Å². The van der Waals surface area contributed by atoms with Gasteiger partial charge in [-0.3, -0.25) is 0 Å². The number of allylic oxidation sites excluding steroid dienone is 2. The minimum atomic E-state index is -0.326. The summed E-state index contributed by atoms with van der Waals surface area (Å²) in [5.74, 6) is 0.471. The Labute approximate surface area is 68.4 Å². The molecule has 0 amide bonds. The van der Waals surface area contributed by atoms with Gasteiger partial charge in [0, 0.05) is 5.41 Å². The maximum Gasteiger partial charge on any atom is 0.0814 e. The predicted molar refractivity (Wildman–Crippen MR) is 47.2 cm³/mol. The van der Waals surface area contributed by atoms with E-state index >= 15 is 0 Å². The average Bonchev–Trinajstić information content (AvgIpc) is 1.95. The summed E-state index contributed by atoms with van der Waals surface area (Å²) in [7, 11) is 0. The second-order valence-corrected chi connectivity index (χ2v) is 3.71. The molecule has 0 aromatic rings. The minimum Gasteiger partial charge on any atom is -0.388 e. The van der Waals surface area contributed by atoms with Crippen molar-refractivity contribution >= 4 is 0 Å². The van der Waals surface area contributed by atoms with Crippen LogP contribution in [0.25, 0.3) is 0 Å². The first-order valence-electron chi connectivity index (χ1n) is 4.11. The van der Waals surface area contributed by atoms with E-state index in [-0.39, 0.29) is 11.5 Å². The fraction of sp³-hybridized carbons (Fsp3) is 0.600. The van der Waals surface area contributed by atoms with Gasteiger partial charge in [0.2, 0.25) is 0 Å². The van der Waals surface area contributed by atoms with E-state index in [1.54, 1.807) is 0 Å². The lowest BCUT2D eigenvalue weighted by Gasteiger charge is -2.35. The van der Waals surface area contributed by atoms with E-state index in [1.807, 2.05) is 18.2 Å². The molecule has 1 aliphatic rings. The molecule has 0 saturated carbocycles. The molecule has 0 saturated heterocycles. The Bertz CT molecular complexity index is 191. The molecule has 1 aliphatic carbocycles. The van der Waals surface area contributed by atoms with Gasteiger partial charge in [-0.25, -0.2) is 0 Å². The third-order valence-corrected chi connectivity index (χ3v) is 2.74. The first kappa shape index (κ1) is 8.54. The molecular weight excluding hydrogens is 136 g/mol. The lowest BCUT2D eigenvalue weighted by Crippen LogP contribution is -2.35. The number of aliphatic hydroxyl groups excluding tert-OH is 1. The summed E-state index contributed by atoms with van der Waals surface area (Å²) in [5.41, 5.74) is -0.0747. The molecule has 0 bridgehead atoms. The highest BCUT2D eigenvalue weighted by atomic mass is 16.3. The maximum absolute atomic E-state index is 9.66. The molecule has 0 radical (unpaired) electrons. The summed E-state index contributed by atoms with van der Waals surface area (Å²) in [5, 5.41) is 9.66. The number of hydrogen-bond donors (Lipinski definition) is 1. The SMILES string of the molecule is CC(C)C1(C)C=CC=CC1O. The van der Waals surface area contributed by atoms with Crippen LogP contribution >= 0.6 is 0 Å². The molecule has 62 valence electrons. The molecule has 1 nitrogen and oxygen atoms in total. The van der Waals surface area contributed by atoms with Gasteiger partial charge in [-0.15, -0.1) is 0 Å². The largest absolute Gasteiger partial charge is 0.388 e. The zero-order valence-electron chi connectivity index (χ0n) is 7.41. The van der Waals surface area contributed by atoms with Crippen molar-refractivity contribution in [2.24, 2.45) is 11.3 Å². The zero-order valence-corrected chi connectivity index (χ0v) is 7.41. The summed E-state index contributed by atoms with van der Waals surface area (Å²) in [6.45, 7) is 6.35. The van der Waals surface area contributed by atoms with Gasteiger partial charge in [0.05, 0.1) is 6.10 Å². The first-order valence-corrected chi connectivity index (χ1v) is 4.11. The van der Waals surface area contributed by atoms with Crippen LogP contribution in [-0.4, -0.2) is 11.2 Å².